The molecule has 0 aliphatic carbocycles. The van der Waals surface area contributed by atoms with Gasteiger partial charge in [-0.2, -0.15) is 0 Å². The number of pyridine rings is 1. The van der Waals surface area contributed by atoms with Crippen LogP contribution in [-0.4, -0.2) is 16.1 Å². The first-order chi connectivity index (χ1) is 11.1. The number of nitrogens with zero attached hydrogens (tertiary/aromatic N) is 1. The molecular weight excluding hydrogens is 284 g/mol. The minimum atomic E-state index is -0.442. The van der Waals surface area contributed by atoms with E-state index in [0.29, 0.717) is 12.3 Å². The van der Waals surface area contributed by atoms with E-state index in [9.17, 15) is 5.11 Å². The molecule has 3 unspecified atom stereocenters. The largest absolute Gasteiger partial charge is 0.388 e. The molecule has 3 atom stereocenters. The van der Waals surface area contributed by atoms with Crippen LogP contribution in [0.4, 0.5) is 0 Å². The van der Waals surface area contributed by atoms with Crippen LogP contribution in [0.3, 0.4) is 0 Å². The molecule has 3 nitrogen and oxygen atoms in total. The Morgan fingerprint density at radius 3 is 2.26 bits per heavy atom. The van der Waals surface area contributed by atoms with E-state index in [0.717, 1.165) is 17.7 Å². The minimum Gasteiger partial charge on any atom is -0.388 e. The van der Waals surface area contributed by atoms with Gasteiger partial charge in [0, 0.05) is 18.3 Å². The molecule has 0 fully saturated rings. The van der Waals surface area contributed by atoms with Crippen LogP contribution >= 0.6 is 0 Å². The molecular formula is C20H28N2O. The molecule has 124 valence electrons. The standard InChI is InChI=1S/C20H28N2O/c1-15(2)13-19(18-11-7-8-12-21-18)22-16(3)14-20(23)17-9-5-4-6-10-17/h4-12,15-16,19-20,22-23H,13-14H2,1-3H3. The molecule has 1 aromatic heterocycles. The van der Waals surface area contributed by atoms with E-state index in [1.54, 1.807) is 0 Å². The Kier molecular flexibility index (Phi) is 6.75. The third-order valence-electron chi connectivity index (χ3n) is 4.00. The summed E-state index contributed by atoms with van der Waals surface area (Å²) in [6, 6.07) is 16.3. The van der Waals surface area contributed by atoms with Crippen LogP contribution in [0.5, 0.6) is 0 Å². The second-order valence-electron chi connectivity index (χ2n) is 6.67. The fourth-order valence-electron chi connectivity index (χ4n) is 2.89. The fourth-order valence-corrected chi connectivity index (χ4v) is 2.89. The van der Waals surface area contributed by atoms with Gasteiger partial charge in [-0.15, -0.1) is 0 Å². The van der Waals surface area contributed by atoms with Crippen molar-refractivity contribution in [2.45, 2.75) is 51.8 Å². The summed E-state index contributed by atoms with van der Waals surface area (Å²) in [6.07, 6.45) is 3.12. The summed E-state index contributed by atoms with van der Waals surface area (Å²) in [4.78, 5) is 4.50. The van der Waals surface area contributed by atoms with Crippen LogP contribution in [0, 0.1) is 5.92 Å². The van der Waals surface area contributed by atoms with E-state index in [1.807, 2.05) is 48.7 Å². The number of benzene rings is 1. The Labute approximate surface area is 139 Å². The highest BCUT2D eigenvalue weighted by Crippen LogP contribution is 2.23. The lowest BCUT2D eigenvalue weighted by Gasteiger charge is -2.26. The summed E-state index contributed by atoms with van der Waals surface area (Å²) in [5.41, 5.74) is 2.04. The lowest BCUT2D eigenvalue weighted by atomic mass is 9.97. The molecule has 0 saturated carbocycles. The topological polar surface area (TPSA) is 45.1 Å². The molecule has 1 heterocycles. The molecule has 0 spiro atoms. The van der Waals surface area contributed by atoms with Gasteiger partial charge in [0.15, 0.2) is 0 Å². The molecule has 2 N–H and O–H groups in total. The molecule has 0 aliphatic heterocycles. The van der Waals surface area contributed by atoms with Gasteiger partial charge >= 0.3 is 0 Å². The normalized spacial score (nSPS) is 15.3. The number of hydrogen-bond donors (Lipinski definition) is 2. The Balaban J connectivity index is 1.98. The predicted molar refractivity (Wildman–Crippen MR) is 95.0 cm³/mol. The summed E-state index contributed by atoms with van der Waals surface area (Å²) < 4.78 is 0. The molecule has 0 amide bonds. The minimum absolute atomic E-state index is 0.205. The van der Waals surface area contributed by atoms with E-state index in [2.05, 4.69) is 37.1 Å². The van der Waals surface area contributed by atoms with Gasteiger partial charge in [0.05, 0.1) is 11.8 Å². The van der Waals surface area contributed by atoms with Gasteiger partial charge in [0.25, 0.3) is 0 Å². The van der Waals surface area contributed by atoms with Gasteiger partial charge in [0.1, 0.15) is 0 Å². The van der Waals surface area contributed by atoms with Crippen molar-refractivity contribution in [3.8, 4) is 0 Å². The Morgan fingerprint density at radius 1 is 0.957 bits per heavy atom. The zero-order valence-electron chi connectivity index (χ0n) is 14.3. The number of aromatic nitrogens is 1. The fraction of sp³-hybridized carbons (Fsp3) is 0.450. The smallest absolute Gasteiger partial charge is 0.0804 e. The Morgan fingerprint density at radius 2 is 1.65 bits per heavy atom. The van der Waals surface area contributed by atoms with E-state index in [-0.39, 0.29) is 12.1 Å². The summed E-state index contributed by atoms with van der Waals surface area (Å²) in [5.74, 6) is 0.584. The first-order valence-electron chi connectivity index (χ1n) is 8.46. The van der Waals surface area contributed by atoms with Gasteiger partial charge in [-0.25, -0.2) is 0 Å². The lowest BCUT2D eigenvalue weighted by molar-refractivity contribution is 0.150. The van der Waals surface area contributed by atoms with E-state index in [1.165, 1.54) is 0 Å². The Bertz CT molecular complexity index is 556. The first-order valence-corrected chi connectivity index (χ1v) is 8.46. The summed E-state index contributed by atoms with van der Waals surface area (Å²) in [5, 5.41) is 14.0. The van der Waals surface area contributed by atoms with Gasteiger partial charge in [-0.05, 0) is 43.4 Å². The monoisotopic (exact) mass is 312 g/mol. The average Bonchev–Trinajstić information content (AvgIpc) is 2.55. The van der Waals surface area contributed by atoms with Gasteiger partial charge in [0.2, 0.25) is 0 Å². The maximum absolute atomic E-state index is 10.4. The second-order valence-corrected chi connectivity index (χ2v) is 6.67. The lowest BCUT2D eigenvalue weighted by Crippen LogP contribution is -2.33. The highest BCUT2D eigenvalue weighted by molar-refractivity contribution is 5.17. The van der Waals surface area contributed by atoms with Gasteiger partial charge in [-0.1, -0.05) is 50.2 Å². The molecule has 2 aromatic rings. The van der Waals surface area contributed by atoms with Crippen molar-refractivity contribution < 1.29 is 5.11 Å². The van der Waals surface area contributed by atoms with Crippen LogP contribution < -0.4 is 5.32 Å². The van der Waals surface area contributed by atoms with Crippen LogP contribution in [0.1, 0.15) is 57.0 Å². The number of aliphatic hydroxyl groups is 1. The van der Waals surface area contributed by atoms with E-state index < -0.39 is 6.10 Å². The number of hydrogen-bond acceptors (Lipinski definition) is 3. The van der Waals surface area contributed by atoms with Crippen molar-refractivity contribution in [3.05, 3.63) is 66.0 Å². The van der Waals surface area contributed by atoms with Crippen LogP contribution in [0.15, 0.2) is 54.7 Å². The zero-order chi connectivity index (χ0) is 16.7. The van der Waals surface area contributed by atoms with Crippen molar-refractivity contribution in [2.75, 3.05) is 0 Å². The molecule has 0 radical (unpaired) electrons. The van der Waals surface area contributed by atoms with E-state index in [4.69, 9.17) is 0 Å². The maximum Gasteiger partial charge on any atom is 0.0804 e. The second kappa shape index (κ2) is 8.80. The summed E-state index contributed by atoms with van der Waals surface area (Å²) >= 11 is 0. The molecule has 0 aliphatic rings. The quantitative estimate of drug-likeness (QED) is 0.765. The molecule has 3 heteroatoms. The van der Waals surface area contributed by atoms with Gasteiger partial charge < -0.3 is 10.4 Å². The summed E-state index contributed by atoms with van der Waals surface area (Å²) in [6.45, 7) is 6.57. The highest BCUT2D eigenvalue weighted by Gasteiger charge is 2.19. The van der Waals surface area contributed by atoms with Gasteiger partial charge in [-0.3, -0.25) is 4.98 Å². The van der Waals surface area contributed by atoms with Crippen molar-refractivity contribution in [2.24, 2.45) is 5.92 Å². The number of rotatable bonds is 8. The van der Waals surface area contributed by atoms with Crippen LogP contribution in [-0.2, 0) is 0 Å². The molecule has 23 heavy (non-hydrogen) atoms. The number of nitrogens with one attached hydrogen (secondary N) is 1. The van der Waals surface area contributed by atoms with Crippen LogP contribution in [0.25, 0.3) is 0 Å². The molecule has 0 bridgehead atoms. The first kappa shape index (κ1) is 17.6. The van der Waals surface area contributed by atoms with Crippen molar-refractivity contribution in [1.82, 2.24) is 10.3 Å². The number of aliphatic hydroxyl groups excluding tert-OH is 1. The highest BCUT2D eigenvalue weighted by atomic mass is 16.3. The predicted octanol–water partition coefficient (Wildman–Crippen LogP) is 4.27. The SMILES string of the molecule is CC(C)CC(NC(C)CC(O)c1ccccc1)c1ccccn1. The third kappa shape index (κ3) is 5.77. The van der Waals surface area contributed by atoms with Crippen LogP contribution in [0.2, 0.25) is 0 Å². The Hall–Kier alpha value is -1.71. The molecule has 1 aromatic carbocycles. The van der Waals surface area contributed by atoms with Crippen molar-refractivity contribution in [1.29, 1.82) is 0 Å². The van der Waals surface area contributed by atoms with Crippen molar-refractivity contribution in [3.63, 3.8) is 0 Å². The molecule has 2 rings (SSSR count). The molecule has 0 saturated heterocycles. The third-order valence-corrected chi connectivity index (χ3v) is 4.00. The zero-order valence-corrected chi connectivity index (χ0v) is 14.3. The van der Waals surface area contributed by atoms with Crippen molar-refractivity contribution >= 4 is 0 Å². The maximum atomic E-state index is 10.4. The summed E-state index contributed by atoms with van der Waals surface area (Å²) in [7, 11) is 0. The van der Waals surface area contributed by atoms with E-state index >= 15 is 0 Å². The average molecular weight is 312 g/mol.